The van der Waals surface area contributed by atoms with Crippen LogP contribution in [0.4, 0.5) is 0 Å². The van der Waals surface area contributed by atoms with Gasteiger partial charge in [-0.2, -0.15) is 5.10 Å². The van der Waals surface area contributed by atoms with Crippen LogP contribution >= 0.6 is 11.3 Å². The fourth-order valence-electron chi connectivity index (χ4n) is 4.53. The van der Waals surface area contributed by atoms with E-state index in [1.807, 2.05) is 10.7 Å². The first-order chi connectivity index (χ1) is 15.5. The van der Waals surface area contributed by atoms with Gasteiger partial charge in [0.05, 0.1) is 23.2 Å². The van der Waals surface area contributed by atoms with Gasteiger partial charge in [0.1, 0.15) is 11.2 Å². The minimum atomic E-state index is -0.476. The van der Waals surface area contributed by atoms with Gasteiger partial charge >= 0.3 is 0 Å². The summed E-state index contributed by atoms with van der Waals surface area (Å²) in [6.45, 7) is 5.24. The molecule has 2 aliphatic heterocycles. The van der Waals surface area contributed by atoms with E-state index in [9.17, 15) is 9.59 Å². The van der Waals surface area contributed by atoms with E-state index < -0.39 is 5.91 Å². The standard InChI is InChI=1S/C21H26N6O4S/c1-12(26-10-13(11-26)8-15-2-3-17(32-15)21(29)25-30)18-23-19-16(20(28)24-18)9-22-27(19)14-4-6-31-7-5-14/h2-3,9,12-14,30H,4-8,10-11H2,1H3,(H,25,29)(H,23,24,28). The Hall–Kier alpha value is -2.60. The zero-order chi connectivity index (χ0) is 22.2. The van der Waals surface area contributed by atoms with Crippen molar-refractivity contribution in [1.82, 2.24) is 30.1 Å². The lowest BCUT2D eigenvalue weighted by atomic mass is 9.93. The molecule has 1 atom stereocenters. The molecule has 0 spiro atoms. The predicted molar refractivity (Wildman–Crippen MR) is 118 cm³/mol. The van der Waals surface area contributed by atoms with Crippen LogP contribution in [0.1, 0.15) is 52.2 Å². The first-order valence-electron chi connectivity index (χ1n) is 10.9. The number of hydrogen-bond acceptors (Lipinski definition) is 8. The Labute approximate surface area is 188 Å². The van der Waals surface area contributed by atoms with Crippen molar-refractivity contribution in [3.63, 3.8) is 0 Å². The molecule has 0 bridgehead atoms. The Kier molecular flexibility index (Phi) is 5.80. The molecule has 0 radical (unpaired) electrons. The van der Waals surface area contributed by atoms with Gasteiger partial charge in [-0.3, -0.25) is 19.7 Å². The molecule has 10 nitrogen and oxygen atoms in total. The Balaban J connectivity index is 1.27. The number of thiophene rings is 1. The quantitative estimate of drug-likeness (QED) is 0.380. The molecule has 11 heteroatoms. The van der Waals surface area contributed by atoms with Gasteiger partial charge in [0.2, 0.25) is 0 Å². The largest absolute Gasteiger partial charge is 0.381 e. The smallest absolute Gasteiger partial charge is 0.284 e. The first kappa shape index (κ1) is 21.3. The predicted octanol–water partition coefficient (Wildman–Crippen LogP) is 1.89. The summed E-state index contributed by atoms with van der Waals surface area (Å²) in [5.74, 6) is 0.660. The van der Waals surface area contributed by atoms with Gasteiger partial charge in [-0.15, -0.1) is 11.3 Å². The number of nitrogens with one attached hydrogen (secondary N) is 2. The minimum Gasteiger partial charge on any atom is -0.381 e. The molecule has 2 saturated heterocycles. The number of H-pyrrole nitrogens is 1. The third-order valence-corrected chi connectivity index (χ3v) is 7.53. The summed E-state index contributed by atoms with van der Waals surface area (Å²) in [6.07, 6.45) is 4.23. The topological polar surface area (TPSA) is 125 Å². The molecule has 3 aromatic heterocycles. The van der Waals surface area contributed by atoms with Gasteiger partial charge in [-0.1, -0.05) is 0 Å². The van der Waals surface area contributed by atoms with E-state index in [-0.39, 0.29) is 17.6 Å². The van der Waals surface area contributed by atoms with Gasteiger partial charge < -0.3 is 9.72 Å². The number of rotatable bonds is 6. The van der Waals surface area contributed by atoms with Crippen molar-refractivity contribution in [2.24, 2.45) is 5.92 Å². The van der Waals surface area contributed by atoms with Crippen molar-refractivity contribution >= 4 is 28.3 Å². The Morgan fingerprint density at radius 3 is 2.91 bits per heavy atom. The molecule has 32 heavy (non-hydrogen) atoms. The second kappa shape index (κ2) is 8.74. The molecule has 1 amide bonds. The lowest BCUT2D eigenvalue weighted by Crippen LogP contribution is -2.49. The molecular weight excluding hydrogens is 432 g/mol. The molecule has 0 aliphatic carbocycles. The highest BCUT2D eigenvalue weighted by Crippen LogP contribution is 2.31. The van der Waals surface area contributed by atoms with E-state index in [2.05, 4.69) is 21.9 Å². The molecule has 1 unspecified atom stereocenters. The van der Waals surface area contributed by atoms with Gasteiger partial charge in [-0.05, 0) is 44.2 Å². The lowest BCUT2D eigenvalue weighted by Gasteiger charge is -2.42. The van der Waals surface area contributed by atoms with Gasteiger partial charge in [0.25, 0.3) is 11.5 Å². The number of amides is 1. The Morgan fingerprint density at radius 2 is 2.16 bits per heavy atom. The van der Waals surface area contributed by atoms with Crippen molar-refractivity contribution < 1.29 is 14.7 Å². The highest BCUT2D eigenvalue weighted by molar-refractivity contribution is 7.14. The van der Waals surface area contributed by atoms with E-state index in [1.165, 1.54) is 11.3 Å². The molecule has 3 aromatic rings. The first-order valence-corrected chi connectivity index (χ1v) is 11.7. The van der Waals surface area contributed by atoms with Crippen molar-refractivity contribution in [2.75, 3.05) is 26.3 Å². The zero-order valence-corrected chi connectivity index (χ0v) is 18.6. The van der Waals surface area contributed by atoms with Gasteiger partial charge in [-0.25, -0.2) is 15.1 Å². The van der Waals surface area contributed by atoms with Gasteiger partial charge in [0.15, 0.2) is 5.65 Å². The van der Waals surface area contributed by atoms with Crippen LogP contribution in [-0.4, -0.2) is 62.1 Å². The molecule has 3 N–H and O–H groups in total. The van der Waals surface area contributed by atoms with Crippen molar-refractivity contribution in [3.05, 3.63) is 44.3 Å². The average Bonchev–Trinajstić information content (AvgIpc) is 3.43. The summed E-state index contributed by atoms with van der Waals surface area (Å²) in [5.41, 5.74) is 2.16. The number of ether oxygens (including phenoxy) is 1. The van der Waals surface area contributed by atoms with E-state index >= 15 is 0 Å². The monoisotopic (exact) mass is 458 g/mol. The maximum absolute atomic E-state index is 12.7. The van der Waals surface area contributed by atoms with E-state index in [4.69, 9.17) is 14.9 Å². The fourth-order valence-corrected chi connectivity index (χ4v) is 5.54. The van der Waals surface area contributed by atoms with Crippen LogP contribution in [0, 0.1) is 5.92 Å². The summed E-state index contributed by atoms with van der Waals surface area (Å²) in [5, 5.41) is 13.7. The number of hydroxylamine groups is 1. The van der Waals surface area contributed by atoms with E-state index in [1.54, 1.807) is 17.7 Å². The third kappa shape index (κ3) is 3.96. The summed E-state index contributed by atoms with van der Waals surface area (Å²) in [6, 6.07) is 3.86. The van der Waals surface area contributed by atoms with Crippen LogP contribution in [0.15, 0.2) is 23.1 Å². The minimum absolute atomic E-state index is 0.0135. The molecule has 0 aromatic carbocycles. The van der Waals surface area contributed by atoms with Crippen LogP contribution < -0.4 is 11.0 Å². The van der Waals surface area contributed by atoms with Crippen LogP contribution in [0.3, 0.4) is 0 Å². The molecule has 2 fully saturated rings. The summed E-state index contributed by atoms with van der Waals surface area (Å²) >= 11 is 1.40. The maximum Gasteiger partial charge on any atom is 0.284 e. The van der Waals surface area contributed by atoms with Crippen molar-refractivity contribution in [1.29, 1.82) is 0 Å². The zero-order valence-electron chi connectivity index (χ0n) is 17.8. The van der Waals surface area contributed by atoms with Crippen LogP contribution in [0.5, 0.6) is 0 Å². The number of aromatic amines is 1. The summed E-state index contributed by atoms with van der Waals surface area (Å²) in [7, 11) is 0. The van der Waals surface area contributed by atoms with Crippen LogP contribution in [0.2, 0.25) is 0 Å². The molecule has 5 heterocycles. The van der Waals surface area contributed by atoms with Crippen molar-refractivity contribution in [2.45, 2.75) is 38.3 Å². The summed E-state index contributed by atoms with van der Waals surface area (Å²) < 4.78 is 7.34. The van der Waals surface area contributed by atoms with Crippen LogP contribution in [-0.2, 0) is 11.2 Å². The molecule has 5 rings (SSSR count). The number of hydrogen-bond donors (Lipinski definition) is 3. The second-order valence-corrected chi connectivity index (χ2v) is 9.70. The van der Waals surface area contributed by atoms with E-state index in [0.29, 0.717) is 40.9 Å². The molecule has 2 aliphatic rings. The average molecular weight is 459 g/mol. The number of carbonyl (C=O) groups excluding carboxylic acids is 1. The molecule has 170 valence electrons. The number of aromatic nitrogens is 4. The second-order valence-electron chi connectivity index (χ2n) is 8.53. The number of fused-ring (bicyclic) bond motifs is 1. The number of nitrogens with zero attached hydrogens (tertiary/aromatic N) is 4. The number of likely N-dealkylation sites (tertiary alicyclic amines) is 1. The Bertz CT molecular complexity index is 1170. The molecular formula is C21H26N6O4S. The van der Waals surface area contributed by atoms with E-state index in [0.717, 1.165) is 37.2 Å². The molecule has 0 saturated carbocycles. The lowest BCUT2D eigenvalue weighted by molar-refractivity contribution is 0.0565. The SMILES string of the molecule is CC(c1nc2c(cnn2C2CCOCC2)c(=O)[nH]1)N1CC(Cc2ccc(C(=O)NO)s2)C1. The Morgan fingerprint density at radius 1 is 1.38 bits per heavy atom. The highest BCUT2D eigenvalue weighted by Gasteiger charge is 2.33. The number of carbonyl (C=O) groups is 1. The van der Waals surface area contributed by atoms with Crippen LogP contribution in [0.25, 0.3) is 11.0 Å². The summed E-state index contributed by atoms with van der Waals surface area (Å²) in [4.78, 5) is 35.9. The van der Waals surface area contributed by atoms with Gasteiger partial charge in [0, 0.05) is 31.2 Å². The highest BCUT2D eigenvalue weighted by atomic mass is 32.1. The third-order valence-electron chi connectivity index (χ3n) is 6.42. The van der Waals surface area contributed by atoms with Crippen molar-refractivity contribution in [3.8, 4) is 0 Å². The fraction of sp³-hybridized carbons (Fsp3) is 0.524. The maximum atomic E-state index is 12.7. The normalized spacial score (nSPS) is 19.2.